The predicted molar refractivity (Wildman–Crippen MR) is 116 cm³/mol. The van der Waals surface area contributed by atoms with Crippen LogP contribution in [0.2, 0.25) is 0 Å². The molecule has 0 spiro atoms. The Labute approximate surface area is 171 Å². The predicted octanol–water partition coefficient (Wildman–Crippen LogP) is 3.16. The number of hydrogen-bond acceptors (Lipinski definition) is 5. The van der Waals surface area contributed by atoms with Crippen LogP contribution in [0.15, 0.2) is 87.5 Å². The van der Waals surface area contributed by atoms with Crippen LogP contribution in [0.4, 0.5) is 0 Å². The number of rotatable bonds is 6. The van der Waals surface area contributed by atoms with Gasteiger partial charge in [0.15, 0.2) is 11.5 Å². The molecule has 0 unspecified atom stereocenters. The Morgan fingerprint density at radius 1 is 0.967 bits per heavy atom. The largest absolute Gasteiger partial charge is 0.493 e. The van der Waals surface area contributed by atoms with E-state index < -0.39 is 11.2 Å². The lowest BCUT2D eigenvalue weighted by Crippen LogP contribution is -2.32. The molecule has 0 bridgehead atoms. The van der Waals surface area contributed by atoms with Crippen LogP contribution in [-0.2, 0) is 6.61 Å². The average Bonchev–Trinajstić information content (AvgIpc) is 2.78. The highest BCUT2D eigenvalue weighted by Crippen LogP contribution is 2.28. The Balaban J connectivity index is 1.59. The summed E-state index contributed by atoms with van der Waals surface area (Å²) in [7, 11) is 1.55. The number of methoxy groups -OCH3 is 1. The van der Waals surface area contributed by atoms with E-state index in [1.54, 1.807) is 49.6 Å². The first-order chi connectivity index (χ1) is 14.7. The van der Waals surface area contributed by atoms with Crippen LogP contribution in [0.5, 0.6) is 11.5 Å². The topological polar surface area (TPSA) is 85.7 Å². The maximum atomic E-state index is 12.6. The zero-order valence-corrected chi connectivity index (χ0v) is 16.2. The molecule has 0 atom stereocenters. The summed E-state index contributed by atoms with van der Waals surface area (Å²) in [5.41, 5.74) is 1.07. The smallest absolute Gasteiger partial charge is 0.349 e. The van der Waals surface area contributed by atoms with Crippen LogP contribution < -0.4 is 20.7 Å². The first kappa shape index (κ1) is 19.2. The van der Waals surface area contributed by atoms with E-state index >= 15 is 0 Å². The van der Waals surface area contributed by atoms with Crippen LogP contribution in [0.3, 0.4) is 0 Å². The molecule has 0 radical (unpaired) electrons. The number of nitrogens with one attached hydrogen (secondary N) is 1. The first-order valence-corrected chi connectivity index (χ1v) is 9.29. The van der Waals surface area contributed by atoms with Gasteiger partial charge in [0.1, 0.15) is 6.61 Å². The van der Waals surface area contributed by atoms with Crippen LogP contribution in [0.25, 0.3) is 10.9 Å². The first-order valence-electron chi connectivity index (χ1n) is 9.29. The summed E-state index contributed by atoms with van der Waals surface area (Å²) in [5, 5.41) is 4.45. The molecule has 1 aromatic heterocycles. The number of hydrogen-bond donors (Lipinski definition) is 1. The minimum atomic E-state index is -0.607. The normalized spacial score (nSPS) is 11.1. The zero-order chi connectivity index (χ0) is 20.9. The lowest BCUT2D eigenvalue weighted by atomic mass is 10.2. The number of fused-ring (bicyclic) bond motifs is 1. The fourth-order valence-electron chi connectivity index (χ4n) is 3.00. The summed E-state index contributed by atoms with van der Waals surface area (Å²) < 4.78 is 12.0. The molecular formula is C23H19N3O4. The van der Waals surface area contributed by atoms with E-state index in [0.717, 1.165) is 10.2 Å². The van der Waals surface area contributed by atoms with Crippen molar-refractivity contribution < 1.29 is 9.47 Å². The average molecular weight is 401 g/mol. The summed E-state index contributed by atoms with van der Waals surface area (Å²) >= 11 is 0. The van der Waals surface area contributed by atoms with E-state index in [0.29, 0.717) is 34.6 Å². The van der Waals surface area contributed by atoms with Gasteiger partial charge in [0, 0.05) is 0 Å². The van der Waals surface area contributed by atoms with Crippen molar-refractivity contribution in [2.45, 2.75) is 6.61 Å². The van der Waals surface area contributed by atoms with Gasteiger partial charge in [-0.25, -0.2) is 4.79 Å². The zero-order valence-electron chi connectivity index (χ0n) is 16.2. The van der Waals surface area contributed by atoms with Crippen molar-refractivity contribution in [3.05, 3.63) is 105 Å². The molecule has 0 fully saturated rings. The SMILES string of the molecule is COc1cc(C=Nn2c(=O)[nH]c3ccccc3c2=O)ccc1OCc1ccccc1. The van der Waals surface area contributed by atoms with Crippen LogP contribution >= 0.6 is 0 Å². The van der Waals surface area contributed by atoms with Gasteiger partial charge in [-0.2, -0.15) is 5.10 Å². The van der Waals surface area contributed by atoms with Crippen LogP contribution in [0.1, 0.15) is 11.1 Å². The van der Waals surface area contributed by atoms with E-state index in [9.17, 15) is 9.59 Å². The van der Waals surface area contributed by atoms with Gasteiger partial charge in [0.05, 0.1) is 24.2 Å². The third-order valence-corrected chi connectivity index (χ3v) is 4.53. The summed E-state index contributed by atoms with van der Waals surface area (Å²) in [4.78, 5) is 27.4. The highest BCUT2D eigenvalue weighted by atomic mass is 16.5. The highest BCUT2D eigenvalue weighted by molar-refractivity contribution is 5.81. The van der Waals surface area contributed by atoms with E-state index in [4.69, 9.17) is 9.47 Å². The molecule has 4 rings (SSSR count). The van der Waals surface area contributed by atoms with Crippen LogP contribution in [0, 0.1) is 0 Å². The lowest BCUT2D eigenvalue weighted by Gasteiger charge is -2.11. The second-order valence-electron chi connectivity index (χ2n) is 6.52. The fraction of sp³-hybridized carbons (Fsp3) is 0.0870. The second kappa shape index (κ2) is 8.48. The lowest BCUT2D eigenvalue weighted by molar-refractivity contribution is 0.284. The molecule has 150 valence electrons. The van der Waals surface area contributed by atoms with Gasteiger partial charge < -0.3 is 14.5 Å². The molecule has 1 N–H and O–H groups in total. The Bertz CT molecular complexity index is 1320. The molecular weight excluding hydrogens is 382 g/mol. The van der Waals surface area contributed by atoms with E-state index in [1.165, 1.54) is 6.21 Å². The third kappa shape index (κ3) is 4.00. The Morgan fingerprint density at radius 3 is 2.53 bits per heavy atom. The Morgan fingerprint density at radius 2 is 1.73 bits per heavy atom. The Kier molecular flexibility index (Phi) is 5.43. The number of nitrogens with zero attached hydrogens (tertiary/aromatic N) is 2. The molecule has 0 aliphatic rings. The number of ether oxygens (including phenoxy) is 2. The summed E-state index contributed by atoms with van der Waals surface area (Å²) in [6.07, 6.45) is 1.43. The molecule has 4 aromatic rings. The van der Waals surface area contributed by atoms with E-state index in [1.807, 2.05) is 30.3 Å². The quantitative estimate of drug-likeness (QED) is 0.503. The Hall–Kier alpha value is -4.13. The molecule has 7 heteroatoms. The molecule has 0 saturated carbocycles. The number of aromatic nitrogens is 2. The third-order valence-electron chi connectivity index (χ3n) is 4.53. The standard InChI is InChI=1S/C23H19N3O4/c1-29-21-13-17(11-12-20(21)30-15-16-7-3-2-4-8-16)14-24-26-22(27)18-9-5-6-10-19(18)25-23(26)28/h2-14H,15H2,1H3,(H,25,28). The van der Waals surface area contributed by atoms with Crippen molar-refractivity contribution in [3.63, 3.8) is 0 Å². The molecule has 0 saturated heterocycles. The van der Waals surface area contributed by atoms with Crippen molar-refractivity contribution in [2.24, 2.45) is 5.10 Å². The van der Waals surface area contributed by atoms with Gasteiger partial charge in [-0.3, -0.25) is 4.79 Å². The molecule has 1 heterocycles. The fourth-order valence-corrected chi connectivity index (χ4v) is 3.00. The number of benzene rings is 3. The van der Waals surface area contributed by atoms with Gasteiger partial charge in [-0.05, 0) is 41.5 Å². The van der Waals surface area contributed by atoms with Gasteiger partial charge in [-0.15, -0.1) is 4.68 Å². The summed E-state index contributed by atoms with van der Waals surface area (Å²) in [6.45, 7) is 0.409. The number of aromatic amines is 1. The van der Waals surface area contributed by atoms with Crippen molar-refractivity contribution in [1.82, 2.24) is 9.66 Å². The van der Waals surface area contributed by atoms with Crippen molar-refractivity contribution in [1.29, 1.82) is 0 Å². The molecule has 0 amide bonds. The summed E-state index contributed by atoms with van der Waals surface area (Å²) in [5.74, 6) is 1.11. The van der Waals surface area contributed by atoms with Crippen molar-refractivity contribution in [3.8, 4) is 11.5 Å². The second-order valence-corrected chi connectivity index (χ2v) is 6.52. The minimum absolute atomic E-state index is 0.386. The maximum absolute atomic E-state index is 12.6. The highest BCUT2D eigenvalue weighted by Gasteiger charge is 2.08. The minimum Gasteiger partial charge on any atom is -0.493 e. The number of H-pyrrole nitrogens is 1. The molecule has 0 aliphatic heterocycles. The van der Waals surface area contributed by atoms with E-state index in [2.05, 4.69) is 10.1 Å². The van der Waals surface area contributed by atoms with E-state index in [-0.39, 0.29) is 0 Å². The van der Waals surface area contributed by atoms with Gasteiger partial charge in [-0.1, -0.05) is 42.5 Å². The van der Waals surface area contributed by atoms with Gasteiger partial charge in [0.2, 0.25) is 0 Å². The van der Waals surface area contributed by atoms with Crippen molar-refractivity contribution in [2.75, 3.05) is 7.11 Å². The van der Waals surface area contributed by atoms with Crippen LogP contribution in [-0.4, -0.2) is 23.0 Å². The van der Waals surface area contributed by atoms with Gasteiger partial charge in [0.25, 0.3) is 5.56 Å². The molecule has 3 aromatic carbocycles. The molecule has 0 aliphatic carbocycles. The molecule has 7 nitrogen and oxygen atoms in total. The molecule has 30 heavy (non-hydrogen) atoms. The monoisotopic (exact) mass is 401 g/mol. The van der Waals surface area contributed by atoms with Gasteiger partial charge >= 0.3 is 5.69 Å². The summed E-state index contributed by atoms with van der Waals surface area (Å²) in [6, 6.07) is 21.9. The van der Waals surface area contributed by atoms with Crippen molar-refractivity contribution >= 4 is 17.1 Å². The number of para-hydroxylation sites is 1. The maximum Gasteiger partial charge on any atom is 0.349 e.